The minimum absolute atomic E-state index is 0.733. The van der Waals surface area contributed by atoms with Gasteiger partial charge < -0.3 is 0 Å². The molecule has 0 aliphatic carbocycles. The topological polar surface area (TPSA) is 26.0 Å². The third-order valence-electron chi connectivity index (χ3n) is 4.72. The van der Waals surface area contributed by atoms with Gasteiger partial charge >= 0.3 is 0 Å². The SMILES string of the molecule is S=c1n(CN2CCCCC2)nc(-c2cccc(Br)c2)n1-c1ccccc1. The van der Waals surface area contributed by atoms with Gasteiger partial charge in [0.25, 0.3) is 0 Å². The average molecular weight is 429 g/mol. The molecular formula is C20H21BrN4S. The molecule has 3 aromatic rings. The van der Waals surface area contributed by atoms with Crippen LogP contribution in [0, 0.1) is 4.77 Å². The van der Waals surface area contributed by atoms with Crippen molar-refractivity contribution in [2.24, 2.45) is 0 Å². The van der Waals surface area contributed by atoms with Crippen molar-refractivity contribution in [2.75, 3.05) is 13.1 Å². The maximum absolute atomic E-state index is 5.82. The van der Waals surface area contributed by atoms with E-state index in [2.05, 4.69) is 49.7 Å². The van der Waals surface area contributed by atoms with Crippen molar-refractivity contribution in [1.29, 1.82) is 0 Å². The third kappa shape index (κ3) is 3.68. The standard InChI is InChI=1S/C20H21BrN4S/c21-17-9-7-8-16(14-17)19-22-24(15-23-12-5-2-6-13-23)20(26)25(19)18-10-3-1-4-11-18/h1,3-4,7-11,14H,2,5-6,12-13,15H2. The summed E-state index contributed by atoms with van der Waals surface area (Å²) in [7, 11) is 0. The maximum atomic E-state index is 5.82. The molecule has 0 amide bonds. The number of para-hydroxylation sites is 1. The fourth-order valence-corrected chi connectivity index (χ4v) is 4.10. The molecule has 0 unspecified atom stereocenters. The lowest BCUT2D eigenvalue weighted by molar-refractivity contribution is 0.172. The summed E-state index contributed by atoms with van der Waals surface area (Å²) in [4.78, 5) is 2.44. The van der Waals surface area contributed by atoms with Gasteiger partial charge in [-0.1, -0.05) is 52.7 Å². The van der Waals surface area contributed by atoms with Gasteiger partial charge in [0.05, 0.1) is 6.67 Å². The number of benzene rings is 2. The first-order valence-electron chi connectivity index (χ1n) is 8.96. The second kappa shape index (κ2) is 7.86. The maximum Gasteiger partial charge on any atom is 0.204 e. The van der Waals surface area contributed by atoms with Crippen molar-refractivity contribution in [3.63, 3.8) is 0 Å². The van der Waals surface area contributed by atoms with Crippen molar-refractivity contribution in [3.05, 3.63) is 63.8 Å². The molecule has 1 aromatic heterocycles. The van der Waals surface area contributed by atoms with Crippen LogP contribution >= 0.6 is 28.1 Å². The van der Waals surface area contributed by atoms with E-state index < -0.39 is 0 Å². The zero-order chi connectivity index (χ0) is 17.9. The number of nitrogens with zero attached hydrogens (tertiary/aromatic N) is 4. The van der Waals surface area contributed by atoms with Gasteiger partial charge in [-0.2, -0.15) is 0 Å². The van der Waals surface area contributed by atoms with Crippen LogP contribution in [0.4, 0.5) is 0 Å². The molecule has 1 aliphatic rings. The Morgan fingerprint density at radius 2 is 1.73 bits per heavy atom. The Labute approximate surface area is 167 Å². The van der Waals surface area contributed by atoms with Crippen molar-refractivity contribution in [2.45, 2.75) is 25.9 Å². The first-order chi connectivity index (χ1) is 12.7. The van der Waals surface area contributed by atoms with Crippen molar-refractivity contribution >= 4 is 28.1 Å². The summed E-state index contributed by atoms with van der Waals surface area (Å²) in [5, 5.41) is 4.90. The predicted molar refractivity (Wildman–Crippen MR) is 111 cm³/mol. The molecule has 1 aliphatic heterocycles. The highest BCUT2D eigenvalue weighted by Gasteiger charge is 2.17. The first-order valence-corrected chi connectivity index (χ1v) is 10.2. The first kappa shape index (κ1) is 17.6. The van der Waals surface area contributed by atoms with Gasteiger partial charge in [0.1, 0.15) is 0 Å². The number of rotatable bonds is 4. The summed E-state index contributed by atoms with van der Waals surface area (Å²) in [5.74, 6) is 0.875. The monoisotopic (exact) mass is 428 g/mol. The highest BCUT2D eigenvalue weighted by molar-refractivity contribution is 9.10. The van der Waals surface area contributed by atoms with Crippen LogP contribution in [0.2, 0.25) is 0 Å². The fraction of sp³-hybridized carbons (Fsp3) is 0.300. The summed E-state index contributed by atoms with van der Waals surface area (Å²) in [6.07, 6.45) is 3.83. The van der Waals surface area contributed by atoms with Gasteiger partial charge in [0, 0.05) is 15.7 Å². The molecule has 1 fully saturated rings. The fourth-order valence-electron chi connectivity index (χ4n) is 3.41. The summed E-state index contributed by atoms with van der Waals surface area (Å²) >= 11 is 9.39. The molecule has 2 heterocycles. The molecule has 0 radical (unpaired) electrons. The Balaban J connectivity index is 1.81. The summed E-state index contributed by atoms with van der Waals surface area (Å²) in [6.45, 7) is 2.98. The Bertz CT molecular complexity index is 942. The molecular weight excluding hydrogens is 408 g/mol. The molecule has 0 spiro atoms. The Morgan fingerprint density at radius 3 is 2.46 bits per heavy atom. The van der Waals surface area contributed by atoms with E-state index in [0.29, 0.717) is 0 Å². The molecule has 4 nitrogen and oxygen atoms in total. The Kier molecular flexibility index (Phi) is 5.33. The van der Waals surface area contributed by atoms with Crippen LogP contribution in [0.3, 0.4) is 0 Å². The second-order valence-electron chi connectivity index (χ2n) is 6.61. The van der Waals surface area contributed by atoms with Crippen molar-refractivity contribution in [1.82, 2.24) is 19.2 Å². The van der Waals surface area contributed by atoms with Crippen LogP contribution in [0.5, 0.6) is 0 Å². The van der Waals surface area contributed by atoms with Crippen molar-refractivity contribution < 1.29 is 0 Å². The largest absolute Gasteiger partial charge is 0.284 e. The average Bonchev–Trinajstić information content (AvgIpc) is 3.00. The summed E-state index contributed by atoms with van der Waals surface area (Å²) in [5.41, 5.74) is 2.09. The highest BCUT2D eigenvalue weighted by atomic mass is 79.9. The second-order valence-corrected chi connectivity index (χ2v) is 7.89. The van der Waals surface area contributed by atoms with Crippen LogP contribution < -0.4 is 0 Å². The quantitative estimate of drug-likeness (QED) is 0.528. The van der Waals surface area contributed by atoms with Gasteiger partial charge in [0.15, 0.2) is 5.82 Å². The van der Waals surface area contributed by atoms with Crippen LogP contribution in [-0.4, -0.2) is 32.3 Å². The lowest BCUT2D eigenvalue weighted by Crippen LogP contribution is -2.32. The zero-order valence-corrected chi connectivity index (χ0v) is 16.9. The minimum Gasteiger partial charge on any atom is -0.284 e. The van der Waals surface area contributed by atoms with E-state index in [9.17, 15) is 0 Å². The summed E-state index contributed by atoms with van der Waals surface area (Å²) in [6, 6.07) is 18.4. The molecule has 134 valence electrons. The number of hydrogen-bond donors (Lipinski definition) is 0. The van der Waals surface area contributed by atoms with E-state index in [0.717, 1.165) is 46.1 Å². The van der Waals surface area contributed by atoms with Crippen LogP contribution in [0.25, 0.3) is 17.1 Å². The van der Waals surface area contributed by atoms with Gasteiger partial charge in [0.2, 0.25) is 4.77 Å². The number of likely N-dealkylation sites (tertiary alicyclic amines) is 1. The number of piperidine rings is 1. The Hall–Kier alpha value is -1.76. The van der Waals surface area contributed by atoms with E-state index in [-0.39, 0.29) is 0 Å². The lowest BCUT2D eigenvalue weighted by atomic mass is 10.1. The molecule has 4 rings (SSSR count). The Morgan fingerprint density at radius 1 is 0.962 bits per heavy atom. The van der Waals surface area contributed by atoms with Crippen LogP contribution in [0.1, 0.15) is 19.3 Å². The van der Waals surface area contributed by atoms with E-state index >= 15 is 0 Å². The lowest BCUT2D eigenvalue weighted by Gasteiger charge is -2.25. The van der Waals surface area contributed by atoms with Gasteiger partial charge in [-0.25, -0.2) is 4.68 Å². The summed E-state index contributed by atoms with van der Waals surface area (Å²) < 4.78 is 5.80. The molecule has 0 atom stereocenters. The van der Waals surface area contributed by atoms with Gasteiger partial charge in [-0.3, -0.25) is 9.47 Å². The molecule has 1 saturated heterocycles. The van der Waals surface area contributed by atoms with Gasteiger partial charge in [-0.15, -0.1) is 5.10 Å². The van der Waals surface area contributed by atoms with Crippen molar-refractivity contribution in [3.8, 4) is 17.1 Å². The molecule has 0 N–H and O–H groups in total. The normalized spacial score (nSPS) is 15.3. The molecule has 6 heteroatoms. The smallest absolute Gasteiger partial charge is 0.204 e. The molecule has 2 aromatic carbocycles. The highest BCUT2D eigenvalue weighted by Crippen LogP contribution is 2.25. The molecule has 26 heavy (non-hydrogen) atoms. The zero-order valence-electron chi connectivity index (χ0n) is 14.5. The van der Waals surface area contributed by atoms with E-state index in [1.807, 2.05) is 35.0 Å². The van der Waals surface area contributed by atoms with E-state index in [1.165, 1.54) is 19.3 Å². The van der Waals surface area contributed by atoms with Crippen LogP contribution in [0.15, 0.2) is 59.1 Å². The number of aromatic nitrogens is 3. The molecule has 0 bridgehead atoms. The van der Waals surface area contributed by atoms with Crippen LogP contribution in [-0.2, 0) is 6.67 Å². The predicted octanol–water partition coefficient (Wildman–Crippen LogP) is 5.28. The van der Waals surface area contributed by atoms with E-state index in [1.54, 1.807) is 0 Å². The molecule has 0 saturated carbocycles. The number of hydrogen-bond acceptors (Lipinski definition) is 3. The number of halogens is 1. The van der Waals surface area contributed by atoms with Gasteiger partial charge in [-0.05, 0) is 62.4 Å². The minimum atomic E-state index is 0.733. The van der Waals surface area contributed by atoms with E-state index in [4.69, 9.17) is 17.3 Å². The third-order valence-corrected chi connectivity index (χ3v) is 5.61.